The Bertz CT molecular complexity index is 73.7. The largest absolute Gasteiger partial charge is 2.00 e. The van der Waals surface area contributed by atoms with Crippen molar-refractivity contribution in [1.29, 1.82) is 0 Å². The molecule has 0 fully saturated rings. The van der Waals surface area contributed by atoms with Crippen LogP contribution in [0.4, 0.5) is 0 Å². The molecule has 0 saturated heterocycles. The van der Waals surface area contributed by atoms with Crippen LogP contribution in [0.3, 0.4) is 0 Å². The molecule has 0 spiro atoms. The SMILES string of the molecule is O=[N+]([O-])[O-].O=[N+]([O-])[O-].[Mg+2].[Zn+2]. The normalized spacial score (nSPS) is 4.80. The fraction of sp³-hybridized carbons (Fsp3) is 0. The van der Waals surface area contributed by atoms with Crippen molar-refractivity contribution in [3.63, 3.8) is 0 Å². The Kier molecular flexibility index (Phi) is 35.9. The third kappa shape index (κ3) is 8110. The van der Waals surface area contributed by atoms with Crippen LogP contribution in [0.25, 0.3) is 0 Å². The number of hydrogen-bond donors (Lipinski definition) is 0. The van der Waals surface area contributed by atoms with Crippen molar-refractivity contribution in [2.45, 2.75) is 0 Å². The summed E-state index contributed by atoms with van der Waals surface area (Å²) in [6.07, 6.45) is 0. The second-order valence-electron chi connectivity index (χ2n) is 0.447. The minimum Gasteiger partial charge on any atom is -0.356 e. The van der Waals surface area contributed by atoms with E-state index in [2.05, 4.69) is 0 Å². The average Bonchev–Trinajstić information content (AvgIpc) is 1.25. The van der Waals surface area contributed by atoms with Crippen molar-refractivity contribution in [3.8, 4) is 0 Å². The number of nitrogens with zero attached hydrogens (tertiary/aromatic N) is 2. The van der Waals surface area contributed by atoms with Crippen LogP contribution in [-0.4, -0.2) is 33.2 Å². The standard InChI is InChI=1S/Mg.2NO3.Zn/c;2*2-1(3)4;/q+2;2*-1;+2. The minimum absolute atomic E-state index is 0. The first-order valence-corrected chi connectivity index (χ1v) is 1.10. The van der Waals surface area contributed by atoms with E-state index < -0.39 is 10.2 Å². The van der Waals surface area contributed by atoms with Gasteiger partial charge in [-0.3, -0.25) is 0 Å². The molecule has 0 aromatic heterocycles. The first kappa shape index (κ1) is 22.6. The van der Waals surface area contributed by atoms with Gasteiger partial charge in [-0.1, -0.05) is 0 Å². The predicted octanol–water partition coefficient (Wildman–Crippen LogP) is -0.862. The van der Waals surface area contributed by atoms with Crippen molar-refractivity contribution < 1.29 is 29.7 Å². The quantitative estimate of drug-likeness (QED) is 0.292. The van der Waals surface area contributed by atoms with Crippen LogP contribution >= 0.6 is 0 Å². The van der Waals surface area contributed by atoms with E-state index in [0.29, 0.717) is 0 Å². The van der Waals surface area contributed by atoms with Crippen LogP contribution in [0.2, 0.25) is 0 Å². The topological polar surface area (TPSA) is 132 Å². The van der Waals surface area contributed by atoms with Crippen LogP contribution in [0.5, 0.6) is 0 Å². The Morgan fingerprint density at radius 1 is 0.800 bits per heavy atom. The van der Waals surface area contributed by atoms with E-state index in [1.54, 1.807) is 0 Å². The van der Waals surface area contributed by atoms with Crippen LogP contribution in [0.15, 0.2) is 0 Å². The van der Waals surface area contributed by atoms with E-state index in [0.717, 1.165) is 0 Å². The molecule has 0 aromatic carbocycles. The van der Waals surface area contributed by atoms with E-state index in [1.165, 1.54) is 0 Å². The summed E-state index contributed by atoms with van der Waals surface area (Å²) in [5, 5.41) is 29.5. The zero-order chi connectivity index (χ0) is 7.15. The zero-order valence-electron chi connectivity index (χ0n) is 4.76. The zero-order valence-corrected chi connectivity index (χ0v) is 9.14. The van der Waals surface area contributed by atoms with Gasteiger partial charge < -0.3 is 30.6 Å². The third-order valence-corrected chi connectivity index (χ3v) is 0. The second-order valence-corrected chi connectivity index (χ2v) is 0.447. The Balaban J connectivity index is -0.0000000300. The van der Waals surface area contributed by atoms with Gasteiger partial charge in [0, 0.05) is 0 Å². The van der Waals surface area contributed by atoms with E-state index in [4.69, 9.17) is 30.6 Å². The molecule has 8 nitrogen and oxygen atoms in total. The van der Waals surface area contributed by atoms with Gasteiger partial charge >= 0.3 is 42.5 Å². The summed E-state index contributed by atoms with van der Waals surface area (Å²) in [5.74, 6) is 0. The molecule has 0 aromatic rings. The molecule has 0 unspecified atom stereocenters. The maximum Gasteiger partial charge on any atom is 2.00 e. The van der Waals surface area contributed by atoms with Crippen molar-refractivity contribution in [2.75, 3.05) is 0 Å². The molecule has 0 bridgehead atoms. The van der Waals surface area contributed by atoms with Crippen molar-refractivity contribution >= 4 is 23.1 Å². The Hall–Kier alpha value is -0.210. The molecule has 0 atom stereocenters. The van der Waals surface area contributed by atoms with Crippen molar-refractivity contribution in [1.82, 2.24) is 0 Å². The summed E-state index contributed by atoms with van der Waals surface area (Å²) in [6.45, 7) is 0. The summed E-state index contributed by atoms with van der Waals surface area (Å²) < 4.78 is 0. The van der Waals surface area contributed by atoms with Crippen LogP contribution < -0.4 is 0 Å². The van der Waals surface area contributed by atoms with Gasteiger partial charge in [-0.25, -0.2) is 0 Å². The summed E-state index contributed by atoms with van der Waals surface area (Å²) in [6, 6.07) is 0. The number of hydrogen-bond acceptors (Lipinski definition) is 6. The second kappa shape index (κ2) is 15.9. The molecule has 0 amide bonds. The Morgan fingerprint density at radius 3 is 0.800 bits per heavy atom. The maximum absolute atomic E-state index is 8.25. The van der Waals surface area contributed by atoms with Gasteiger partial charge in [0.25, 0.3) is 0 Å². The van der Waals surface area contributed by atoms with Gasteiger partial charge in [-0.15, -0.1) is 0 Å². The molecule has 0 N–H and O–H groups in total. The van der Waals surface area contributed by atoms with Gasteiger partial charge in [0.2, 0.25) is 0 Å². The summed E-state index contributed by atoms with van der Waals surface area (Å²) >= 11 is 0. The average molecular weight is 214 g/mol. The molecule has 10 heteroatoms. The molecule has 0 aliphatic heterocycles. The molecule has 0 aliphatic rings. The fourth-order valence-corrected chi connectivity index (χ4v) is 0. The Labute approximate surface area is 83.3 Å². The predicted molar refractivity (Wildman–Crippen MR) is 26.5 cm³/mol. The van der Waals surface area contributed by atoms with Gasteiger partial charge in [-0.2, -0.15) is 0 Å². The smallest absolute Gasteiger partial charge is 0.356 e. The van der Waals surface area contributed by atoms with Gasteiger partial charge in [0.1, 0.15) is 0 Å². The molecule has 48 valence electrons. The molecule has 0 saturated carbocycles. The van der Waals surface area contributed by atoms with Crippen LogP contribution in [-0.2, 0) is 19.5 Å². The Morgan fingerprint density at radius 2 is 0.800 bits per heavy atom. The van der Waals surface area contributed by atoms with E-state index >= 15 is 0 Å². The van der Waals surface area contributed by atoms with E-state index in [-0.39, 0.29) is 42.5 Å². The first-order chi connectivity index (χ1) is 3.46. The third-order valence-electron chi connectivity index (χ3n) is 0. The molecular weight excluding hydrogens is 214 g/mol. The fourth-order valence-electron chi connectivity index (χ4n) is 0. The van der Waals surface area contributed by atoms with E-state index in [9.17, 15) is 0 Å². The van der Waals surface area contributed by atoms with Gasteiger partial charge in [-0.05, 0) is 0 Å². The minimum atomic E-state index is -1.75. The molecule has 0 radical (unpaired) electrons. The first-order valence-electron chi connectivity index (χ1n) is 1.10. The molecular formula is MgN2O6Zn+2. The molecule has 10 heavy (non-hydrogen) atoms. The number of rotatable bonds is 0. The molecule has 0 aliphatic carbocycles. The van der Waals surface area contributed by atoms with Gasteiger partial charge in [0.05, 0.1) is 10.2 Å². The monoisotopic (exact) mass is 212 g/mol. The summed E-state index contributed by atoms with van der Waals surface area (Å²) in [7, 11) is 0. The van der Waals surface area contributed by atoms with Crippen LogP contribution in [0.1, 0.15) is 0 Å². The molecule has 0 rings (SSSR count). The summed E-state index contributed by atoms with van der Waals surface area (Å²) in [5.41, 5.74) is 0. The van der Waals surface area contributed by atoms with Crippen molar-refractivity contribution in [2.24, 2.45) is 0 Å². The van der Waals surface area contributed by atoms with E-state index in [1.807, 2.05) is 0 Å². The summed E-state index contributed by atoms with van der Waals surface area (Å²) in [4.78, 5) is 16.5. The maximum atomic E-state index is 8.25. The molecule has 0 heterocycles. The van der Waals surface area contributed by atoms with Gasteiger partial charge in [0.15, 0.2) is 0 Å². The van der Waals surface area contributed by atoms with Crippen molar-refractivity contribution in [3.05, 3.63) is 30.6 Å². The van der Waals surface area contributed by atoms with Crippen LogP contribution in [0, 0.1) is 30.6 Å².